The maximum absolute atomic E-state index is 11.0. The van der Waals surface area contributed by atoms with Crippen LogP contribution >= 0.6 is 0 Å². The van der Waals surface area contributed by atoms with Crippen molar-refractivity contribution < 1.29 is 14.6 Å². The smallest absolute Gasteiger partial charge is 0.225 e. The van der Waals surface area contributed by atoms with Crippen LogP contribution < -0.4 is 5.32 Å². The molecular weight excluding hydrogens is 146 g/mol. The molecule has 0 bridgehead atoms. The lowest BCUT2D eigenvalue weighted by molar-refractivity contribution is -0.123. The quantitative estimate of drug-likeness (QED) is 0.562. The number of aliphatic hydroxyl groups is 1. The van der Waals surface area contributed by atoms with Crippen LogP contribution in [-0.2, 0) is 9.53 Å². The van der Waals surface area contributed by atoms with Crippen LogP contribution in [0.25, 0.3) is 0 Å². The highest BCUT2D eigenvalue weighted by atomic mass is 16.5. The highest BCUT2D eigenvalue weighted by Crippen LogP contribution is 2.14. The Morgan fingerprint density at radius 1 is 1.82 bits per heavy atom. The minimum absolute atomic E-state index is 0.00843. The van der Waals surface area contributed by atoms with Crippen molar-refractivity contribution in [2.45, 2.75) is 12.5 Å². The summed E-state index contributed by atoms with van der Waals surface area (Å²) in [5, 5.41) is 11.4. The summed E-state index contributed by atoms with van der Waals surface area (Å²) in [7, 11) is 1.57. The lowest BCUT2D eigenvalue weighted by atomic mass is 10.1. The molecule has 0 aromatic rings. The predicted molar refractivity (Wildman–Crippen MR) is 39.0 cm³/mol. The second-order valence-electron chi connectivity index (χ2n) is 2.78. The monoisotopic (exact) mass is 159 g/mol. The van der Waals surface area contributed by atoms with Crippen molar-refractivity contribution in [1.82, 2.24) is 5.32 Å². The average Bonchev–Trinajstić information content (AvgIpc) is 2.33. The Labute approximate surface area is 65.5 Å². The van der Waals surface area contributed by atoms with Gasteiger partial charge in [0, 0.05) is 7.11 Å². The first-order valence-corrected chi connectivity index (χ1v) is 3.68. The number of ether oxygens (including phenoxy) is 1. The SMILES string of the molecule is COCC1C[C@H](CO)NC1=O. The second-order valence-corrected chi connectivity index (χ2v) is 2.78. The largest absolute Gasteiger partial charge is 0.394 e. The molecule has 1 saturated heterocycles. The van der Waals surface area contributed by atoms with Crippen LogP contribution in [0.5, 0.6) is 0 Å². The number of hydrogen-bond acceptors (Lipinski definition) is 3. The van der Waals surface area contributed by atoms with Crippen molar-refractivity contribution >= 4 is 5.91 Å². The van der Waals surface area contributed by atoms with Crippen LogP contribution in [0, 0.1) is 5.92 Å². The molecule has 2 N–H and O–H groups in total. The Bertz CT molecular complexity index is 149. The van der Waals surface area contributed by atoms with E-state index in [9.17, 15) is 4.79 Å². The van der Waals surface area contributed by atoms with Crippen molar-refractivity contribution in [1.29, 1.82) is 0 Å². The number of rotatable bonds is 3. The summed E-state index contributed by atoms with van der Waals surface area (Å²) in [5.74, 6) is -0.0805. The summed E-state index contributed by atoms with van der Waals surface area (Å²) in [6, 6.07) is -0.0670. The highest BCUT2D eigenvalue weighted by molar-refractivity contribution is 5.81. The van der Waals surface area contributed by atoms with Gasteiger partial charge < -0.3 is 15.2 Å². The van der Waals surface area contributed by atoms with Crippen LogP contribution in [0.4, 0.5) is 0 Å². The molecule has 0 spiro atoms. The van der Waals surface area contributed by atoms with Crippen LogP contribution in [0.1, 0.15) is 6.42 Å². The maximum Gasteiger partial charge on any atom is 0.225 e. The van der Waals surface area contributed by atoms with E-state index in [-0.39, 0.29) is 24.5 Å². The molecule has 0 aliphatic carbocycles. The summed E-state index contributed by atoms with van der Waals surface area (Å²) in [4.78, 5) is 11.0. The van der Waals surface area contributed by atoms with Crippen molar-refractivity contribution in [2.24, 2.45) is 5.92 Å². The number of hydrogen-bond donors (Lipinski definition) is 2. The molecule has 1 heterocycles. The van der Waals surface area contributed by atoms with Crippen molar-refractivity contribution in [3.8, 4) is 0 Å². The van der Waals surface area contributed by atoms with Gasteiger partial charge in [-0.2, -0.15) is 0 Å². The van der Waals surface area contributed by atoms with E-state index in [4.69, 9.17) is 9.84 Å². The first kappa shape index (κ1) is 8.49. The molecule has 4 nitrogen and oxygen atoms in total. The van der Waals surface area contributed by atoms with E-state index in [1.54, 1.807) is 7.11 Å². The predicted octanol–water partition coefficient (Wildman–Crippen LogP) is -0.870. The Morgan fingerprint density at radius 2 is 2.55 bits per heavy atom. The van der Waals surface area contributed by atoms with Gasteiger partial charge in [-0.05, 0) is 6.42 Å². The molecule has 2 atom stereocenters. The van der Waals surface area contributed by atoms with Crippen molar-refractivity contribution in [2.75, 3.05) is 20.3 Å². The summed E-state index contributed by atoms with van der Waals surface area (Å²) >= 11 is 0. The Balaban J connectivity index is 2.38. The molecule has 1 amide bonds. The van der Waals surface area contributed by atoms with Gasteiger partial charge in [-0.25, -0.2) is 0 Å². The number of amides is 1. The molecule has 0 radical (unpaired) electrons. The van der Waals surface area contributed by atoms with E-state index in [0.29, 0.717) is 13.0 Å². The Hall–Kier alpha value is -0.610. The lowest BCUT2D eigenvalue weighted by Crippen LogP contribution is -2.29. The topological polar surface area (TPSA) is 58.6 Å². The van der Waals surface area contributed by atoms with Gasteiger partial charge in [-0.15, -0.1) is 0 Å². The minimum Gasteiger partial charge on any atom is -0.394 e. The molecule has 0 saturated carbocycles. The molecule has 1 fully saturated rings. The fraction of sp³-hybridized carbons (Fsp3) is 0.857. The van der Waals surface area contributed by atoms with E-state index in [1.807, 2.05) is 0 Å². The fourth-order valence-corrected chi connectivity index (χ4v) is 1.29. The molecule has 1 aliphatic heterocycles. The molecule has 4 heteroatoms. The van der Waals surface area contributed by atoms with Crippen molar-refractivity contribution in [3.05, 3.63) is 0 Å². The molecule has 0 aromatic carbocycles. The van der Waals surface area contributed by atoms with Crippen LogP contribution in [0.15, 0.2) is 0 Å². The third-order valence-corrected chi connectivity index (χ3v) is 1.87. The third kappa shape index (κ3) is 1.91. The van der Waals surface area contributed by atoms with Crippen LogP contribution in [0.2, 0.25) is 0 Å². The minimum atomic E-state index is -0.0721. The maximum atomic E-state index is 11.0. The van der Waals surface area contributed by atoms with Gasteiger partial charge in [0.1, 0.15) is 0 Å². The van der Waals surface area contributed by atoms with Crippen LogP contribution in [0.3, 0.4) is 0 Å². The Morgan fingerprint density at radius 3 is 3.00 bits per heavy atom. The number of carbonyl (C=O) groups is 1. The lowest BCUT2D eigenvalue weighted by Gasteiger charge is -2.03. The summed E-state index contributed by atoms with van der Waals surface area (Å²) in [6.07, 6.45) is 0.684. The molecule has 1 aliphatic rings. The standard InChI is InChI=1S/C7H13NO3/c1-11-4-5-2-6(3-9)8-7(5)10/h5-6,9H,2-4H2,1H3,(H,8,10)/t5?,6-/m1/s1. The van der Waals surface area contributed by atoms with E-state index in [0.717, 1.165) is 0 Å². The van der Waals surface area contributed by atoms with Gasteiger partial charge in [-0.3, -0.25) is 4.79 Å². The zero-order valence-electron chi connectivity index (χ0n) is 6.54. The van der Waals surface area contributed by atoms with Crippen LogP contribution in [-0.4, -0.2) is 37.4 Å². The first-order chi connectivity index (χ1) is 5.27. The van der Waals surface area contributed by atoms with Gasteiger partial charge in [-0.1, -0.05) is 0 Å². The first-order valence-electron chi connectivity index (χ1n) is 3.68. The van der Waals surface area contributed by atoms with Gasteiger partial charge >= 0.3 is 0 Å². The number of aliphatic hydroxyl groups excluding tert-OH is 1. The molecule has 1 rings (SSSR count). The second kappa shape index (κ2) is 3.69. The van der Waals surface area contributed by atoms with Gasteiger partial charge in [0.2, 0.25) is 5.91 Å². The number of carbonyl (C=O) groups excluding carboxylic acids is 1. The van der Waals surface area contributed by atoms with Crippen molar-refractivity contribution in [3.63, 3.8) is 0 Å². The summed E-state index contributed by atoms with van der Waals surface area (Å²) in [6.45, 7) is 0.467. The highest BCUT2D eigenvalue weighted by Gasteiger charge is 2.30. The van der Waals surface area contributed by atoms with Gasteiger partial charge in [0.05, 0.1) is 25.2 Å². The van der Waals surface area contributed by atoms with E-state index in [1.165, 1.54) is 0 Å². The molecular formula is C7H13NO3. The van der Waals surface area contributed by atoms with Gasteiger partial charge in [0.25, 0.3) is 0 Å². The molecule has 0 aromatic heterocycles. The summed E-state index contributed by atoms with van der Waals surface area (Å²) in [5.41, 5.74) is 0. The van der Waals surface area contributed by atoms with Gasteiger partial charge in [0.15, 0.2) is 0 Å². The molecule has 64 valence electrons. The average molecular weight is 159 g/mol. The molecule has 1 unspecified atom stereocenters. The number of nitrogens with one attached hydrogen (secondary N) is 1. The summed E-state index contributed by atoms with van der Waals surface area (Å²) < 4.78 is 4.85. The van der Waals surface area contributed by atoms with E-state index >= 15 is 0 Å². The van der Waals surface area contributed by atoms with E-state index < -0.39 is 0 Å². The zero-order valence-corrected chi connectivity index (χ0v) is 6.54. The molecule has 11 heavy (non-hydrogen) atoms. The zero-order chi connectivity index (χ0) is 8.27. The number of methoxy groups -OCH3 is 1. The normalized spacial score (nSPS) is 30.5. The van der Waals surface area contributed by atoms with E-state index in [2.05, 4.69) is 5.32 Å². The third-order valence-electron chi connectivity index (χ3n) is 1.87. The fourth-order valence-electron chi connectivity index (χ4n) is 1.29. The Kier molecular flexibility index (Phi) is 2.84.